The van der Waals surface area contributed by atoms with Crippen LogP contribution in [0.1, 0.15) is 221 Å². The zero-order valence-electron chi connectivity index (χ0n) is 66.3. The number of hydrogen-bond donors (Lipinski definition) is 0. The summed E-state index contributed by atoms with van der Waals surface area (Å²) < 4.78 is 0. The molecule has 0 nitrogen and oxygen atoms in total. The predicted molar refractivity (Wildman–Crippen MR) is 424 cm³/mol. The van der Waals surface area contributed by atoms with Gasteiger partial charge in [0.2, 0.25) is 0 Å². The van der Waals surface area contributed by atoms with Gasteiger partial charge in [-0.05, 0) is 21.5 Å². The zero-order valence-corrected chi connectivity index (χ0v) is 77.6. The van der Waals surface area contributed by atoms with Crippen molar-refractivity contribution in [1.82, 2.24) is 0 Å². The van der Waals surface area contributed by atoms with Crippen LogP contribution in [0.3, 0.4) is 0 Å². The molecule has 0 atom stereocenters. The molecule has 0 aliphatic carbocycles. The van der Waals surface area contributed by atoms with Crippen molar-refractivity contribution in [3.63, 3.8) is 0 Å². The smallest absolute Gasteiger partial charge is 0.358 e. The third kappa shape index (κ3) is 193. The molecule has 7 heteroatoms. The molecule has 0 saturated carbocycles. The summed E-state index contributed by atoms with van der Waals surface area (Å²) in [6.45, 7) is 56.8. The molecule has 0 aromatic heterocycles. The maximum atomic E-state index is 2.12. The first-order valence-corrected chi connectivity index (χ1v) is 30.1. The monoisotopic (exact) mass is 1660 g/mol. The summed E-state index contributed by atoms with van der Waals surface area (Å²) in [5.74, 6) is 0. The van der Waals surface area contributed by atoms with Crippen molar-refractivity contribution < 1.29 is 132 Å². The molecule has 0 fully saturated rings. The molecule has 536 valence electrons. The number of hydrogen-bond acceptors (Lipinski definition) is 0. The van der Waals surface area contributed by atoms with Crippen LogP contribution in [-0.2, 0) is 132 Å². The standard InChI is InChI=1S/2C10H8.4C6H6.3C3H8.11C2H6.CH4.8CH3.6V.W/c2*1-2-6-10-8-4-3-7-9(10)5-1;4*1-2-4-6-5-3-1;3*1-3-2;11*1-2;;;;;;;;;;;;;;;;/h2*1-8H;4*1-6H;3*3H2,1-2H3;11*1-2H3;1H4;8*1H3;;;;;;;/q;;;;;;;;;;;;;;;;;;;;;8*-1;;;;;;;+2. The van der Waals surface area contributed by atoms with Crippen molar-refractivity contribution in [3.8, 4) is 0 Å². The van der Waals surface area contributed by atoms with Crippen molar-refractivity contribution in [2.45, 2.75) is 221 Å². The average Bonchev–Trinajstić information content (AvgIpc) is 3.55. The Morgan fingerprint density at radius 2 is 0.198 bits per heavy atom. The van der Waals surface area contributed by atoms with E-state index < -0.39 is 0 Å². The molecule has 8 aromatic carbocycles. The fraction of sp³-hybridized carbons (Fsp3) is 0.381. The van der Waals surface area contributed by atoms with Gasteiger partial charge >= 0.3 is 21.1 Å². The Hall–Kier alpha value is -1.53. The van der Waals surface area contributed by atoms with Crippen molar-refractivity contribution >= 4 is 21.5 Å². The molecular weight excluding hydrogens is 1500 g/mol. The van der Waals surface area contributed by atoms with Gasteiger partial charge in [0.25, 0.3) is 0 Å². The van der Waals surface area contributed by atoms with E-state index in [1.54, 1.807) is 0 Å². The van der Waals surface area contributed by atoms with E-state index in [0.717, 1.165) is 0 Å². The van der Waals surface area contributed by atoms with E-state index in [-0.39, 0.29) is 199 Å². The summed E-state index contributed by atoms with van der Waals surface area (Å²) in [6.07, 6.45) is 3.75. The fourth-order valence-electron chi connectivity index (χ4n) is 3.81. The molecule has 8 rings (SSSR count). The number of benzene rings is 8. The Morgan fingerprint density at radius 1 is 0.154 bits per heavy atom. The van der Waals surface area contributed by atoms with Gasteiger partial charge in [0.05, 0.1) is 0 Å². The summed E-state index contributed by atoms with van der Waals surface area (Å²) in [4.78, 5) is 0. The van der Waals surface area contributed by atoms with E-state index >= 15 is 0 Å². The van der Waals surface area contributed by atoms with Gasteiger partial charge in [-0.2, -0.15) is 0 Å². The van der Waals surface area contributed by atoms with E-state index in [4.69, 9.17) is 0 Å². The number of fused-ring (bicyclic) bond motifs is 2. The summed E-state index contributed by atoms with van der Waals surface area (Å²) in [5.41, 5.74) is 0. The summed E-state index contributed by atoms with van der Waals surface area (Å²) >= 11 is 0. The maximum absolute atomic E-state index is 2.12. The van der Waals surface area contributed by atoms with Crippen molar-refractivity contribution in [3.05, 3.63) is 302 Å². The summed E-state index contributed by atoms with van der Waals surface area (Å²) in [5, 5.41) is 5.24. The summed E-state index contributed by atoms with van der Waals surface area (Å²) in [7, 11) is 0. The van der Waals surface area contributed by atoms with Gasteiger partial charge in [-0.3, -0.25) is 0 Å². The van der Waals surface area contributed by atoms with Gasteiger partial charge in [0, 0.05) is 111 Å². The molecule has 0 spiro atoms. The average molecular weight is 1660 g/mol. The molecule has 0 saturated heterocycles. The third-order valence-corrected chi connectivity index (χ3v) is 5.98. The summed E-state index contributed by atoms with van der Waals surface area (Å²) in [6, 6.07) is 81.4. The van der Waals surface area contributed by atoms with Crippen LogP contribution in [0.25, 0.3) is 21.5 Å². The van der Waals surface area contributed by atoms with Crippen molar-refractivity contribution in [2.24, 2.45) is 0 Å². The molecule has 0 amide bonds. The second-order valence-electron chi connectivity index (χ2n) is 11.4. The molecule has 0 aliphatic heterocycles. The van der Waals surface area contributed by atoms with Crippen LogP contribution in [0.15, 0.2) is 243 Å². The van der Waals surface area contributed by atoms with Crippen LogP contribution in [0.4, 0.5) is 0 Å². The molecule has 0 heterocycles. The Labute approximate surface area is 669 Å². The van der Waals surface area contributed by atoms with Gasteiger partial charge in [-0.25, -0.2) is 0 Å². The first-order chi connectivity index (χ1) is 37.2. The van der Waals surface area contributed by atoms with E-state index in [2.05, 4.69) is 139 Å². The van der Waals surface area contributed by atoms with Crippen LogP contribution in [0.5, 0.6) is 0 Å². The van der Waals surface area contributed by atoms with Gasteiger partial charge in [0.15, 0.2) is 0 Å². The topological polar surface area (TPSA) is 0 Å². The van der Waals surface area contributed by atoms with Gasteiger partial charge in [0.1, 0.15) is 0 Å². The zero-order chi connectivity index (χ0) is 60.7. The van der Waals surface area contributed by atoms with Gasteiger partial charge < -0.3 is 59.4 Å². The number of rotatable bonds is 0. The normalized spacial score (nSPS) is 5.63. The Kier molecular flexibility index (Phi) is 482. The second kappa shape index (κ2) is 237. The third-order valence-electron chi connectivity index (χ3n) is 5.98. The van der Waals surface area contributed by atoms with E-state index in [1.165, 1.54) is 40.8 Å². The van der Waals surface area contributed by atoms with Crippen LogP contribution in [0, 0.1) is 59.4 Å². The molecule has 0 N–H and O–H groups in total. The molecular formula is C84H158V6W-6. The van der Waals surface area contributed by atoms with Crippen molar-refractivity contribution in [2.75, 3.05) is 0 Å². The molecule has 0 unspecified atom stereocenters. The van der Waals surface area contributed by atoms with Crippen LogP contribution in [0.2, 0.25) is 0 Å². The maximum Gasteiger partial charge on any atom is 2.00 e. The minimum absolute atomic E-state index is 0. The van der Waals surface area contributed by atoms with E-state index in [0.29, 0.717) is 0 Å². The quantitative estimate of drug-likeness (QED) is 0.133. The van der Waals surface area contributed by atoms with E-state index in [1.807, 2.05) is 298 Å². The molecule has 8 aromatic rings. The molecule has 91 heavy (non-hydrogen) atoms. The van der Waals surface area contributed by atoms with Crippen LogP contribution >= 0.6 is 0 Å². The largest absolute Gasteiger partial charge is 2.00 e. The minimum Gasteiger partial charge on any atom is -0.358 e. The van der Waals surface area contributed by atoms with Gasteiger partial charge in [-0.1, -0.05) is 463 Å². The van der Waals surface area contributed by atoms with Crippen LogP contribution < -0.4 is 0 Å². The Bertz CT molecular complexity index is 1380. The van der Waals surface area contributed by atoms with Crippen LogP contribution in [-0.4, -0.2) is 0 Å². The predicted octanol–water partition coefficient (Wildman–Crippen LogP) is 32.2. The minimum atomic E-state index is 0. The SMILES string of the molecule is C.CC.CC.CC.CC.CC.CC.CC.CC.CC.CC.CC.CCC.CCC.CCC.[CH3-].[CH3-].[CH3-].[CH3-].[CH3-].[CH3-].[CH3-].[CH3-].[V].[V].[V].[V].[V].[V].[W+2].c1ccc2ccccc2c1.c1ccc2ccccc2c1.c1ccccc1.c1ccccc1.c1ccccc1.c1ccccc1. The Morgan fingerprint density at radius 3 is 0.242 bits per heavy atom. The first-order valence-electron chi connectivity index (χ1n) is 30.1. The fourth-order valence-corrected chi connectivity index (χ4v) is 3.81. The first kappa shape index (κ1) is 185. The molecule has 0 aliphatic rings. The van der Waals surface area contributed by atoms with Crippen molar-refractivity contribution in [1.29, 1.82) is 0 Å². The molecule has 0 bridgehead atoms. The van der Waals surface area contributed by atoms with E-state index in [9.17, 15) is 0 Å². The van der Waals surface area contributed by atoms with Gasteiger partial charge in [-0.15, -0.1) is 0 Å². The molecule has 6 radical (unpaired) electrons. The second-order valence-corrected chi connectivity index (χ2v) is 11.4. The Balaban J connectivity index is -0.0000000181.